The van der Waals surface area contributed by atoms with E-state index < -0.39 is 38.0 Å². The molecule has 6 N–H and O–H groups in total. The van der Waals surface area contributed by atoms with Gasteiger partial charge in [0.2, 0.25) is 5.91 Å². The molecule has 2 aliphatic rings. The van der Waals surface area contributed by atoms with Crippen LogP contribution in [0, 0.1) is 0 Å². The predicted octanol–water partition coefficient (Wildman–Crippen LogP) is -1.56. The van der Waals surface area contributed by atoms with Crippen molar-refractivity contribution >= 4 is 66.1 Å². The van der Waals surface area contributed by atoms with Crippen LogP contribution in [0.3, 0.4) is 0 Å². The van der Waals surface area contributed by atoms with Crippen molar-refractivity contribution in [3.63, 3.8) is 0 Å². The number of carbonyl (C=O) groups excluding carboxylic acids is 3. The minimum atomic E-state index is -1.24. The Bertz CT molecular complexity index is 1170. The molecule has 0 bridgehead atoms. The van der Waals surface area contributed by atoms with Gasteiger partial charge < -0.3 is 35.7 Å². The molecule has 170 valence electrons. The van der Waals surface area contributed by atoms with Gasteiger partial charge >= 0.3 is 14.2 Å². The first-order valence-corrected chi connectivity index (χ1v) is 10.5. The Balaban J connectivity index is 1.44. The molecule has 0 spiro atoms. The van der Waals surface area contributed by atoms with E-state index in [1.54, 1.807) is 0 Å². The molecular weight excluding hydrogens is 475 g/mol. The maximum absolute atomic E-state index is 12.7. The summed E-state index contributed by atoms with van der Waals surface area (Å²) < 4.78 is 10.2. The Kier molecular flexibility index (Phi) is 6.66. The Morgan fingerprint density at radius 1 is 0.939 bits per heavy atom. The Morgan fingerprint density at radius 2 is 1.42 bits per heavy atom. The summed E-state index contributed by atoms with van der Waals surface area (Å²) in [5.41, 5.74) is 7.51. The third-order valence-electron chi connectivity index (χ3n) is 5.40. The fraction of sp³-hybridized carbons (Fsp3) is 0.211. The van der Waals surface area contributed by atoms with E-state index in [1.165, 1.54) is 24.3 Å². The molecule has 1 unspecified atom stereocenters. The van der Waals surface area contributed by atoms with Crippen LogP contribution in [0.1, 0.15) is 31.8 Å². The van der Waals surface area contributed by atoms with Gasteiger partial charge in [-0.3, -0.25) is 14.4 Å². The number of hydrogen-bond donors (Lipinski definition) is 5. The second-order valence-electron chi connectivity index (χ2n) is 7.52. The lowest BCUT2D eigenvalue weighted by molar-refractivity contribution is -0.119. The molecule has 4 rings (SSSR count). The summed E-state index contributed by atoms with van der Waals surface area (Å²) in [6.07, 6.45) is 0. The molecule has 0 radical (unpaired) electrons. The molecule has 0 fully saturated rings. The molecular formula is C19H17B2Cl2N3O7. The molecule has 2 heterocycles. The van der Waals surface area contributed by atoms with E-state index in [9.17, 15) is 24.4 Å². The zero-order valence-electron chi connectivity index (χ0n) is 16.9. The number of carbonyl (C=O) groups is 3. The largest absolute Gasteiger partial charge is 0.491 e. The van der Waals surface area contributed by atoms with Gasteiger partial charge in [0.25, 0.3) is 11.8 Å². The van der Waals surface area contributed by atoms with Gasteiger partial charge in [0.05, 0.1) is 13.2 Å². The first-order chi connectivity index (χ1) is 15.7. The van der Waals surface area contributed by atoms with Crippen LogP contribution >= 0.6 is 23.2 Å². The van der Waals surface area contributed by atoms with Crippen LogP contribution in [0.25, 0.3) is 0 Å². The minimum Gasteiger partial charge on any atom is -0.423 e. The van der Waals surface area contributed by atoms with E-state index in [-0.39, 0.29) is 40.9 Å². The maximum Gasteiger partial charge on any atom is 0.491 e. The molecule has 3 amide bonds. The molecule has 0 saturated carbocycles. The highest BCUT2D eigenvalue weighted by atomic mass is 35.5. The van der Waals surface area contributed by atoms with E-state index in [2.05, 4.69) is 10.6 Å². The topological polar surface area (TPSA) is 160 Å². The van der Waals surface area contributed by atoms with Crippen molar-refractivity contribution in [2.24, 2.45) is 5.73 Å². The van der Waals surface area contributed by atoms with Crippen LogP contribution in [-0.4, -0.2) is 54.6 Å². The number of nitrogens with one attached hydrogen (secondary N) is 2. The van der Waals surface area contributed by atoms with Gasteiger partial charge in [0.1, 0.15) is 6.04 Å². The number of rotatable bonds is 6. The zero-order chi connectivity index (χ0) is 23.9. The van der Waals surface area contributed by atoms with Crippen molar-refractivity contribution in [1.29, 1.82) is 0 Å². The van der Waals surface area contributed by atoms with Crippen LogP contribution in [0.2, 0.25) is 10.0 Å². The van der Waals surface area contributed by atoms with E-state index in [4.69, 9.17) is 38.2 Å². The molecule has 0 aromatic heterocycles. The molecule has 0 saturated heterocycles. The van der Waals surface area contributed by atoms with Crippen LogP contribution in [0.4, 0.5) is 0 Å². The average molecular weight is 492 g/mol. The number of benzene rings is 2. The monoisotopic (exact) mass is 491 g/mol. The molecule has 0 aliphatic carbocycles. The summed E-state index contributed by atoms with van der Waals surface area (Å²) in [5.74, 6) is -2.16. The smallest absolute Gasteiger partial charge is 0.423 e. The number of primary amides is 1. The van der Waals surface area contributed by atoms with Crippen molar-refractivity contribution in [1.82, 2.24) is 10.6 Å². The van der Waals surface area contributed by atoms with Crippen molar-refractivity contribution in [3.05, 3.63) is 56.6 Å². The SMILES string of the molecule is NC(=O)C(CNC(=O)c1cc(Cl)c2c(c1)B(O)OC2)NC(=O)c1cc(Cl)c2c(c1)B(O)OC2. The summed E-state index contributed by atoms with van der Waals surface area (Å²) >= 11 is 12.3. The molecule has 2 aromatic carbocycles. The lowest BCUT2D eigenvalue weighted by Gasteiger charge is -2.17. The summed E-state index contributed by atoms with van der Waals surface area (Å²) in [6.45, 7) is -0.0655. The van der Waals surface area contributed by atoms with E-state index in [1.807, 2.05) is 0 Å². The quantitative estimate of drug-likeness (QED) is 0.305. The molecule has 14 heteroatoms. The third-order valence-corrected chi connectivity index (χ3v) is 6.08. The Morgan fingerprint density at radius 3 is 1.91 bits per heavy atom. The predicted molar refractivity (Wildman–Crippen MR) is 120 cm³/mol. The number of halogens is 2. The van der Waals surface area contributed by atoms with Gasteiger partial charge in [-0.15, -0.1) is 0 Å². The second-order valence-corrected chi connectivity index (χ2v) is 8.33. The average Bonchev–Trinajstić information content (AvgIpc) is 3.34. The standard InChI is InChI=1S/C19H17B2Cl2N3O7/c22-14-3-8(1-12-10(14)6-32-20(12)30)18(28)25-5-16(17(24)27)26-19(29)9-2-13-11(15(23)4-9)7-33-21(13)31/h1-4,16,30-31H,5-7H2,(H2,24,27)(H,25,28)(H,26,29). The Labute approximate surface area is 198 Å². The summed E-state index contributed by atoms with van der Waals surface area (Å²) in [7, 11) is -2.40. The first kappa shape index (κ1) is 23.6. The normalized spacial score (nSPS) is 15.2. The third kappa shape index (κ3) is 4.72. The fourth-order valence-electron chi connectivity index (χ4n) is 3.59. The Hall–Kier alpha value is -2.60. The van der Waals surface area contributed by atoms with Crippen LogP contribution < -0.4 is 27.3 Å². The van der Waals surface area contributed by atoms with Gasteiger partial charge in [-0.05, 0) is 46.3 Å². The minimum absolute atomic E-state index is 0.0836. The van der Waals surface area contributed by atoms with Gasteiger partial charge in [-0.2, -0.15) is 0 Å². The zero-order valence-corrected chi connectivity index (χ0v) is 18.4. The number of fused-ring (bicyclic) bond motifs is 2. The number of amides is 3. The van der Waals surface area contributed by atoms with E-state index in [0.29, 0.717) is 22.1 Å². The molecule has 33 heavy (non-hydrogen) atoms. The van der Waals surface area contributed by atoms with E-state index in [0.717, 1.165) is 0 Å². The highest BCUT2D eigenvalue weighted by molar-refractivity contribution is 6.62. The summed E-state index contributed by atoms with van der Waals surface area (Å²) in [6, 6.07) is 4.40. The van der Waals surface area contributed by atoms with Crippen LogP contribution in [0.5, 0.6) is 0 Å². The number of nitrogens with two attached hydrogens (primary N) is 1. The second kappa shape index (κ2) is 9.34. The van der Waals surface area contributed by atoms with Crippen LogP contribution in [-0.2, 0) is 27.3 Å². The summed E-state index contributed by atoms with van der Waals surface area (Å²) in [4.78, 5) is 37.1. The van der Waals surface area contributed by atoms with Crippen molar-refractivity contribution in [2.75, 3.05) is 6.54 Å². The highest BCUT2D eigenvalue weighted by Crippen LogP contribution is 2.23. The van der Waals surface area contributed by atoms with Crippen molar-refractivity contribution in [3.8, 4) is 0 Å². The number of hydrogen-bond acceptors (Lipinski definition) is 7. The van der Waals surface area contributed by atoms with Crippen molar-refractivity contribution < 1.29 is 33.7 Å². The summed E-state index contributed by atoms with van der Waals surface area (Å²) in [5, 5.41) is 25.2. The lowest BCUT2D eigenvalue weighted by Crippen LogP contribution is -2.51. The van der Waals surface area contributed by atoms with Crippen LogP contribution in [0.15, 0.2) is 24.3 Å². The first-order valence-electron chi connectivity index (χ1n) is 9.78. The maximum atomic E-state index is 12.7. The van der Waals surface area contributed by atoms with Gasteiger partial charge in [-0.25, -0.2) is 0 Å². The van der Waals surface area contributed by atoms with Gasteiger partial charge in [0.15, 0.2) is 0 Å². The molecule has 10 nitrogen and oxygen atoms in total. The van der Waals surface area contributed by atoms with E-state index >= 15 is 0 Å². The fourth-order valence-corrected chi connectivity index (χ4v) is 4.15. The molecule has 2 aliphatic heterocycles. The molecule has 2 aromatic rings. The van der Waals surface area contributed by atoms with Crippen molar-refractivity contribution in [2.45, 2.75) is 19.3 Å². The van der Waals surface area contributed by atoms with Gasteiger partial charge in [-0.1, -0.05) is 23.2 Å². The van der Waals surface area contributed by atoms with Gasteiger partial charge in [0, 0.05) is 27.7 Å². The highest BCUT2D eigenvalue weighted by Gasteiger charge is 2.32. The molecule has 1 atom stereocenters. The lowest BCUT2D eigenvalue weighted by atomic mass is 9.78.